The lowest BCUT2D eigenvalue weighted by Crippen LogP contribution is -2.52. The van der Waals surface area contributed by atoms with E-state index >= 15 is 0 Å². The van der Waals surface area contributed by atoms with Crippen molar-refractivity contribution in [2.75, 3.05) is 13.2 Å². The van der Waals surface area contributed by atoms with Gasteiger partial charge in [0.15, 0.2) is 5.79 Å². The lowest BCUT2D eigenvalue weighted by atomic mass is 9.47. The summed E-state index contributed by atoms with van der Waals surface area (Å²) in [7, 11) is 0. The Balaban J connectivity index is 0.876. The summed E-state index contributed by atoms with van der Waals surface area (Å²) in [6.45, 7) is 12.1. The van der Waals surface area contributed by atoms with Gasteiger partial charge in [-0.3, -0.25) is 9.59 Å². The Morgan fingerprint density at radius 2 is 1.83 bits per heavy atom. The van der Waals surface area contributed by atoms with Crippen molar-refractivity contribution >= 4 is 11.9 Å². The van der Waals surface area contributed by atoms with Crippen LogP contribution in [0.4, 0.5) is 0 Å². The van der Waals surface area contributed by atoms with Crippen molar-refractivity contribution in [2.45, 2.75) is 129 Å². The van der Waals surface area contributed by atoms with E-state index in [-0.39, 0.29) is 42.0 Å². The van der Waals surface area contributed by atoms with Gasteiger partial charge in [0.05, 0.1) is 19.1 Å². The molecule has 6 nitrogen and oxygen atoms in total. The van der Waals surface area contributed by atoms with Crippen LogP contribution in [0.25, 0.3) is 0 Å². The number of benzene rings is 1. The molecule has 0 N–H and O–H groups in total. The molecule has 3 aliphatic heterocycles. The number of esters is 1. The molecule has 0 aromatic heterocycles. The number of fused-ring (bicyclic) bond motifs is 8. The highest BCUT2D eigenvalue weighted by atomic mass is 16.7. The molecule has 0 bridgehead atoms. The minimum absolute atomic E-state index is 0.0554. The first-order valence-electron chi connectivity index (χ1n) is 18.6. The summed E-state index contributed by atoms with van der Waals surface area (Å²) in [4.78, 5) is 27.8. The van der Waals surface area contributed by atoms with Crippen molar-refractivity contribution in [2.24, 2.45) is 46.3 Å². The largest absolute Gasteiger partial charge is 0.462 e. The Labute approximate surface area is 276 Å². The summed E-state index contributed by atoms with van der Waals surface area (Å²) in [5.41, 5.74) is 4.59. The molecule has 1 spiro atoms. The van der Waals surface area contributed by atoms with Crippen LogP contribution in [0.5, 0.6) is 0 Å². The van der Waals surface area contributed by atoms with E-state index in [1.54, 1.807) is 0 Å². The van der Waals surface area contributed by atoms with Crippen LogP contribution in [0.3, 0.4) is 0 Å². The molecular formula is C40H55NO5. The van der Waals surface area contributed by atoms with Gasteiger partial charge in [-0.25, -0.2) is 0 Å². The third-order valence-electron chi connectivity index (χ3n) is 14.7. The normalized spacial score (nSPS) is 44.3. The van der Waals surface area contributed by atoms with Crippen molar-refractivity contribution in [3.8, 4) is 0 Å². The number of allylic oxidation sites excluding steroid dienone is 1. The minimum Gasteiger partial charge on any atom is -0.462 e. The monoisotopic (exact) mass is 629 g/mol. The van der Waals surface area contributed by atoms with Gasteiger partial charge in [-0.15, -0.1) is 0 Å². The zero-order valence-electron chi connectivity index (χ0n) is 28.6. The number of hydrogen-bond acceptors (Lipinski definition) is 5. The van der Waals surface area contributed by atoms with E-state index in [0.717, 1.165) is 51.7 Å². The molecule has 4 aliphatic carbocycles. The summed E-state index contributed by atoms with van der Waals surface area (Å²) in [5.74, 6) is 3.30. The molecule has 1 amide bonds. The zero-order valence-corrected chi connectivity index (χ0v) is 28.6. The lowest BCUT2D eigenvalue weighted by Gasteiger charge is -2.58. The maximum absolute atomic E-state index is 12.9. The second-order valence-corrected chi connectivity index (χ2v) is 17.0. The molecule has 3 heterocycles. The van der Waals surface area contributed by atoms with E-state index in [9.17, 15) is 9.59 Å². The Morgan fingerprint density at radius 3 is 2.63 bits per heavy atom. The second kappa shape index (κ2) is 11.5. The van der Waals surface area contributed by atoms with Gasteiger partial charge >= 0.3 is 5.97 Å². The highest BCUT2D eigenvalue weighted by molar-refractivity contribution is 5.81. The van der Waals surface area contributed by atoms with Gasteiger partial charge in [0.25, 0.3) is 0 Å². The first-order chi connectivity index (χ1) is 22.1. The quantitative estimate of drug-likeness (QED) is 0.253. The van der Waals surface area contributed by atoms with Gasteiger partial charge in [-0.2, -0.15) is 0 Å². The highest BCUT2D eigenvalue weighted by Gasteiger charge is 2.68. The molecule has 5 fully saturated rings. The summed E-state index contributed by atoms with van der Waals surface area (Å²) < 4.78 is 19.5. The third-order valence-corrected chi connectivity index (χ3v) is 14.7. The molecule has 3 saturated carbocycles. The Kier molecular flexibility index (Phi) is 7.75. The maximum atomic E-state index is 12.9. The molecule has 6 heteroatoms. The van der Waals surface area contributed by atoms with E-state index in [4.69, 9.17) is 14.2 Å². The van der Waals surface area contributed by atoms with Crippen molar-refractivity contribution in [1.29, 1.82) is 0 Å². The van der Waals surface area contributed by atoms with E-state index in [1.807, 2.05) is 11.0 Å². The molecule has 1 aromatic rings. The molecular weight excluding hydrogens is 574 g/mol. The predicted molar refractivity (Wildman–Crippen MR) is 176 cm³/mol. The first-order valence-corrected chi connectivity index (χ1v) is 18.6. The van der Waals surface area contributed by atoms with Crippen LogP contribution in [0.1, 0.15) is 109 Å². The molecule has 7 aliphatic rings. The van der Waals surface area contributed by atoms with Gasteiger partial charge in [0, 0.05) is 38.3 Å². The van der Waals surface area contributed by atoms with Gasteiger partial charge in [-0.1, -0.05) is 63.6 Å². The number of rotatable bonds is 4. The minimum atomic E-state index is -0.346. The van der Waals surface area contributed by atoms with Crippen LogP contribution >= 0.6 is 0 Å². The fourth-order valence-corrected chi connectivity index (χ4v) is 12.1. The van der Waals surface area contributed by atoms with Gasteiger partial charge in [0.2, 0.25) is 5.91 Å². The molecule has 250 valence electrons. The standard InChI is InChI=1S/C40H55NO5/c1-25-13-19-40(44-24-25)26(2)37-34(46-40)22-33-31-10-9-29-21-30(14-17-38(29,3)32(31)15-18-39(33,37)4)45-36(43)12-11-35(42)41-20-16-27-7-5-6-8-28(27)23-41/h5-9,25-26,30-34,37H,10-24H2,1-4H3/t25-,26+,30+,31-,32+,33+,34+,37+,38+,39+,40-/m1/s1. The average Bonchev–Trinajstić information content (AvgIpc) is 3.50. The second-order valence-electron chi connectivity index (χ2n) is 17.0. The van der Waals surface area contributed by atoms with E-state index in [1.165, 1.54) is 42.4 Å². The molecule has 8 rings (SSSR count). The number of carbonyl (C=O) groups is 2. The van der Waals surface area contributed by atoms with Gasteiger partial charge < -0.3 is 19.1 Å². The van der Waals surface area contributed by atoms with Gasteiger partial charge in [-0.05, 0) is 103 Å². The van der Waals surface area contributed by atoms with Crippen LogP contribution in [0, 0.1) is 46.3 Å². The molecule has 0 unspecified atom stereocenters. The number of nitrogens with zero attached hydrogens (tertiary/aromatic N) is 1. The van der Waals surface area contributed by atoms with E-state index < -0.39 is 0 Å². The third kappa shape index (κ3) is 4.94. The zero-order chi connectivity index (χ0) is 31.8. The van der Waals surface area contributed by atoms with Crippen LogP contribution in [0.15, 0.2) is 35.9 Å². The summed E-state index contributed by atoms with van der Waals surface area (Å²) in [5, 5.41) is 0. The van der Waals surface area contributed by atoms with Crippen LogP contribution in [-0.4, -0.2) is 47.9 Å². The Bertz CT molecular complexity index is 1400. The summed E-state index contributed by atoms with van der Waals surface area (Å²) in [6.07, 6.45) is 14.2. The van der Waals surface area contributed by atoms with Crippen molar-refractivity contribution < 1.29 is 23.8 Å². The summed E-state index contributed by atoms with van der Waals surface area (Å²) in [6, 6.07) is 8.34. The molecule has 11 atom stereocenters. The molecule has 0 radical (unpaired) electrons. The highest BCUT2D eigenvalue weighted by Crippen LogP contribution is 2.70. The van der Waals surface area contributed by atoms with Crippen LogP contribution in [0.2, 0.25) is 0 Å². The van der Waals surface area contributed by atoms with E-state index in [0.29, 0.717) is 53.6 Å². The number of carbonyl (C=O) groups excluding carboxylic acids is 2. The Morgan fingerprint density at radius 1 is 1.00 bits per heavy atom. The van der Waals surface area contributed by atoms with Crippen LogP contribution in [-0.2, 0) is 36.8 Å². The number of ether oxygens (including phenoxy) is 3. The molecule has 1 aromatic carbocycles. The summed E-state index contributed by atoms with van der Waals surface area (Å²) >= 11 is 0. The first kappa shape index (κ1) is 31.1. The molecule has 46 heavy (non-hydrogen) atoms. The lowest BCUT2D eigenvalue weighted by molar-refractivity contribution is -0.272. The van der Waals surface area contributed by atoms with Crippen LogP contribution < -0.4 is 0 Å². The van der Waals surface area contributed by atoms with Crippen molar-refractivity contribution in [1.82, 2.24) is 4.90 Å². The van der Waals surface area contributed by atoms with Crippen molar-refractivity contribution in [3.63, 3.8) is 0 Å². The Hall–Kier alpha value is -2.18. The average molecular weight is 630 g/mol. The predicted octanol–water partition coefficient (Wildman–Crippen LogP) is 7.63. The molecule has 2 saturated heterocycles. The van der Waals surface area contributed by atoms with Gasteiger partial charge in [0.1, 0.15) is 6.10 Å². The fraction of sp³-hybridized carbons (Fsp3) is 0.750. The SMILES string of the molecule is C[C@@H]1CC[C@@]2(OC1)O[C@H]1C[C@H]3[C@@H]4CC=C5C[C@@H](OC(=O)CCC(=O)N6CCc7ccccc7C6)CC[C@]5(C)[C@H]4CC[C@]3(C)[C@H]1[C@@H]2C. The van der Waals surface area contributed by atoms with Crippen molar-refractivity contribution in [3.05, 3.63) is 47.0 Å². The number of hydrogen-bond donors (Lipinski definition) is 0. The smallest absolute Gasteiger partial charge is 0.306 e. The maximum Gasteiger partial charge on any atom is 0.306 e. The number of amides is 1. The fourth-order valence-electron chi connectivity index (χ4n) is 12.1. The topological polar surface area (TPSA) is 65.1 Å². The van der Waals surface area contributed by atoms with E-state index in [2.05, 4.69) is 52.0 Å².